The molecule has 3 heterocycles. The molecule has 3 rings (SSSR count). The molecule has 0 unspecified atom stereocenters. The number of nitrogens with one attached hydrogen (secondary N) is 1. The SMILES string of the molecule is O=C(Nc1cnns1)N1CCCN(C(=O)[C@@H]2CCCO2)CC1. The quantitative estimate of drug-likeness (QED) is 0.868. The number of carbonyl (C=O) groups is 2. The molecule has 2 aliphatic rings. The third-order valence-electron chi connectivity index (χ3n) is 3.89. The van der Waals surface area contributed by atoms with E-state index < -0.39 is 0 Å². The lowest BCUT2D eigenvalue weighted by atomic mass is 10.2. The van der Waals surface area contributed by atoms with Gasteiger partial charge < -0.3 is 14.5 Å². The van der Waals surface area contributed by atoms with E-state index in [1.807, 2.05) is 4.90 Å². The van der Waals surface area contributed by atoms with Gasteiger partial charge >= 0.3 is 6.03 Å². The molecule has 1 N–H and O–H groups in total. The van der Waals surface area contributed by atoms with Crippen LogP contribution in [0.4, 0.5) is 9.80 Å². The molecular formula is C13H19N5O3S. The predicted molar refractivity (Wildman–Crippen MR) is 80.7 cm³/mol. The zero-order chi connectivity index (χ0) is 15.4. The van der Waals surface area contributed by atoms with Gasteiger partial charge in [-0.15, -0.1) is 5.10 Å². The maximum Gasteiger partial charge on any atom is 0.322 e. The molecule has 0 radical (unpaired) electrons. The van der Waals surface area contributed by atoms with Crippen molar-refractivity contribution >= 4 is 28.5 Å². The van der Waals surface area contributed by atoms with E-state index in [1.54, 1.807) is 4.90 Å². The number of nitrogens with zero attached hydrogens (tertiary/aromatic N) is 4. The van der Waals surface area contributed by atoms with E-state index in [0.717, 1.165) is 30.8 Å². The first-order chi connectivity index (χ1) is 10.7. The zero-order valence-corrected chi connectivity index (χ0v) is 13.0. The number of hydrogen-bond acceptors (Lipinski definition) is 6. The second-order valence-electron chi connectivity index (χ2n) is 5.38. The van der Waals surface area contributed by atoms with Crippen molar-refractivity contribution in [2.45, 2.75) is 25.4 Å². The summed E-state index contributed by atoms with van der Waals surface area (Å²) >= 11 is 1.14. The van der Waals surface area contributed by atoms with Crippen molar-refractivity contribution in [2.75, 3.05) is 38.1 Å². The average Bonchev–Trinajstić information content (AvgIpc) is 3.16. The van der Waals surface area contributed by atoms with Gasteiger partial charge in [0, 0.05) is 44.3 Å². The number of urea groups is 1. The first-order valence-electron chi connectivity index (χ1n) is 7.48. The smallest absolute Gasteiger partial charge is 0.322 e. The largest absolute Gasteiger partial charge is 0.368 e. The lowest BCUT2D eigenvalue weighted by Crippen LogP contribution is -2.42. The molecule has 0 saturated carbocycles. The van der Waals surface area contributed by atoms with Gasteiger partial charge in [0.2, 0.25) is 0 Å². The summed E-state index contributed by atoms with van der Waals surface area (Å²) < 4.78 is 9.17. The van der Waals surface area contributed by atoms with E-state index in [-0.39, 0.29) is 18.0 Å². The van der Waals surface area contributed by atoms with Crippen molar-refractivity contribution in [1.82, 2.24) is 19.4 Å². The van der Waals surface area contributed by atoms with E-state index in [1.165, 1.54) is 6.20 Å². The molecule has 2 fully saturated rings. The van der Waals surface area contributed by atoms with Crippen molar-refractivity contribution in [1.29, 1.82) is 0 Å². The summed E-state index contributed by atoms with van der Waals surface area (Å²) in [6, 6.07) is -0.169. The minimum atomic E-state index is -0.288. The Hall–Kier alpha value is -1.74. The molecule has 0 aromatic carbocycles. The van der Waals surface area contributed by atoms with Crippen LogP contribution in [-0.2, 0) is 9.53 Å². The molecule has 0 spiro atoms. The summed E-state index contributed by atoms with van der Waals surface area (Å²) in [5.41, 5.74) is 0. The van der Waals surface area contributed by atoms with Gasteiger partial charge in [-0.3, -0.25) is 10.1 Å². The molecule has 0 aliphatic carbocycles. The normalized spacial score (nSPS) is 22.5. The Morgan fingerprint density at radius 3 is 2.77 bits per heavy atom. The minimum Gasteiger partial charge on any atom is -0.368 e. The minimum absolute atomic E-state index is 0.0615. The molecule has 8 nitrogen and oxygen atoms in total. The second kappa shape index (κ2) is 7.01. The van der Waals surface area contributed by atoms with Crippen LogP contribution in [0.25, 0.3) is 0 Å². The van der Waals surface area contributed by atoms with E-state index >= 15 is 0 Å². The molecule has 1 aromatic rings. The van der Waals surface area contributed by atoms with Gasteiger partial charge in [-0.05, 0) is 19.3 Å². The molecule has 120 valence electrons. The maximum atomic E-state index is 12.4. The van der Waals surface area contributed by atoms with Crippen LogP contribution in [0.15, 0.2) is 6.20 Å². The topological polar surface area (TPSA) is 87.7 Å². The Bertz CT molecular complexity index is 518. The van der Waals surface area contributed by atoms with Crippen molar-refractivity contribution < 1.29 is 14.3 Å². The molecule has 2 saturated heterocycles. The Labute approximate surface area is 132 Å². The van der Waals surface area contributed by atoms with Gasteiger partial charge in [0.05, 0.1) is 6.20 Å². The molecule has 0 bridgehead atoms. The number of rotatable bonds is 2. The molecule has 22 heavy (non-hydrogen) atoms. The summed E-state index contributed by atoms with van der Waals surface area (Å²) in [5, 5.41) is 7.08. The lowest BCUT2D eigenvalue weighted by molar-refractivity contribution is -0.140. The summed E-state index contributed by atoms with van der Waals surface area (Å²) in [6.07, 6.45) is 3.75. The lowest BCUT2D eigenvalue weighted by Gasteiger charge is -2.24. The Balaban J connectivity index is 1.53. The highest BCUT2D eigenvalue weighted by atomic mass is 32.1. The fraction of sp³-hybridized carbons (Fsp3) is 0.692. The third kappa shape index (κ3) is 3.53. The van der Waals surface area contributed by atoms with Crippen LogP contribution in [0, 0.1) is 0 Å². The predicted octanol–water partition coefficient (Wildman–Crippen LogP) is 0.783. The Morgan fingerprint density at radius 1 is 1.23 bits per heavy atom. The fourth-order valence-corrected chi connectivity index (χ4v) is 3.13. The van der Waals surface area contributed by atoms with E-state index in [0.29, 0.717) is 37.8 Å². The highest BCUT2D eigenvalue weighted by molar-refractivity contribution is 7.10. The number of aromatic nitrogens is 2. The number of ether oxygens (including phenoxy) is 1. The van der Waals surface area contributed by atoms with Crippen molar-refractivity contribution in [3.05, 3.63) is 6.20 Å². The van der Waals surface area contributed by atoms with Crippen LogP contribution in [-0.4, -0.2) is 70.2 Å². The monoisotopic (exact) mass is 325 g/mol. The van der Waals surface area contributed by atoms with E-state index in [4.69, 9.17) is 4.74 Å². The first-order valence-corrected chi connectivity index (χ1v) is 8.25. The van der Waals surface area contributed by atoms with Gasteiger partial charge in [-0.25, -0.2) is 4.79 Å². The number of anilines is 1. The summed E-state index contributed by atoms with van der Waals surface area (Å²) in [4.78, 5) is 28.1. The van der Waals surface area contributed by atoms with Crippen LogP contribution >= 0.6 is 11.5 Å². The maximum absolute atomic E-state index is 12.4. The molecule has 1 aromatic heterocycles. The van der Waals surface area contributed by atoms with Crippen LogP contribution in [0.5, 0.6) is 0 Å². The standard InChI is InChI=1S/C13H19N5O3S/c19-12(10-3-1-8-21-10)17-4-2-5-18(7-6-17)13(20)15-11-9-14-16-22-11/h9-10H,1-8H2,(H,15,20)/t10-/m0/s1. The van der Waals surface area contributed by atoms with E-state index in [2.05, 4.69) is 14.9 Å². The van der Waals surface area contributed by atoms with Crippen LogP contribution in [0.1, 0.15) is 19.3 Å². The highest BCUT2D eigenvalue weighted by Crippen LogP contribution is 2.17. The fourth-order valence-electron chi connectivity index (χ4n) is 2.72. The van der Waals surface area contributed by atoms with Gasteiger partial charge in [-0.1, -0.05) is 4.49 Å². The average molecular weight is 325 g/mol. The zero-order valence-electron chi connectivity index (χ0n) is 12.2. The van der Waals surface area contributed by atoms with Gasteiger partial charge in [-0.2, -0.15) is 0 Å². The third-order valence-corrected chi connectivity index (χ3v) is 4.47. The van der Waals surface area contributed by atoms with Crippen LogP contribution < -0.4 is 5.32 Å². The molecule has 2 aliphatic heterocycles. The van der Waals surface area contributed by atoms with E-state index in [9.17, 15) is 9.59 Å². The number of amides is 3. The van der Waals surface area contributed by atoms with Gasteiger partial charge in [0.25, 0.3) is 5.91 Å². The van der Waals surface area contributed by atoms with Crippen LogP contribution in [0.2, 0.25) is 0 Å². The van der Waals surface area contributed by atoms with Crippen molar-refractivity contribution in [3.63, 3.8) is 0 Å². The van der Waals surface area contributed by atoms with Crippen molar-refractivity contribution in [2.24, 2.45) is 0 Å². The summed E-state index contributed by atoms with van der Waals surface area (Å²) in [6.45, 7) is 3.04. The Kier molecular flexibility index (Phi) is 4.84. The molecule has 1 atom stereocenters. The van der Waals surface area contributed by atoms with Gasteiger partial charge in [0.15, 0.2) is 0 Å². The van der Waals surface area contributed by atoms with Crippen molar-refractivity contribution in [3.8, 4) is 0 Å². The number of hydrogen-bond donors (Lipinski definition) is 1. The summed E-state index contributed by atoms with van der Waals surface area (Å²) in [7, 11) is 0. The van der Waals surface area contributed by atoms with Gasteiger partial charge in [0.1, 0.15) is 11.1 Å². The molecular weight excluding hydrogens is 306 g/mol. The number of carbonyl (C=O) groups excluding carboxylic acids is 2. The Morgan fingerprint density at radius 2 is 2.05 bits per heavy atom. The summed E-state index contributed by atoms with van der Waals surface area (Å²) in [5.74, 6) is 0.0615. The molecule has 9 heteroatoms. The van der Waals surface area contributed by atoms with Crippen LogP contribution in [0.3, 0.4) is 0 Å². The first kappa shape index (κ1) is 15.2. The second-order valence-corrected chi connectivity index (χ2v) is 6.17. The molecule has 3 amide bonds. The highest BCUT2D eigenvalue weighted by Gasteiger charge is 2.30.